The summed E-state index contributed by atoms with van der Waals surface area (Å²) in [7, 11) is 0. The Hall–Kier alpha value is -6.45. The van der Waals surface area contributed by atoms with Crippen LogP contribution in [0.5, 0.6) is 0 Å². The minimum Gasteiger partial charge on any atom is -0.252 e. The number of benzene rings is 7. The monoisotopic (exact) mass is 725 g/mol. The summed E-state index contributed by atoms with van der Waals surface area (Å²) in [6.07, 6.45) is 4.39. The molecule has 8 rings (SSSR count). The number of hydrogen-bond donors (Lipinski definition) is 0. The second-order valence-corrected chi connectivity index (χ2v) is 14.7. The van der Waals surface area contributed by atoms with Crippen molar-refractivity contribution in [1.82, 2.24) is 0 Å². The summed E-state index contributed by atoms with van der Waals surface area (Å²) in [6.45, 7) is 6.72. The molecule has 1 heterocycles. The van der Waals surface area contributed by atoms with Crippen molar-refractivity contribution in [3.05, 3.63) is 216 Å². The third-order valence-electron chi connectivity index (χ3n) is 11.0. The molecule has 3 unspecified atom stereocenters. The lowest BCUT2D eigenvalue weighted by atomic mass is 9.76. The third kappa shape index (κ3) is 7.99. The van der Waals surface area contributed by atoms with Crippen LogP contribution >= 0.6 is 0 Å². The van der Waals surface area contributed by atoms with E-state index in [0.717, 1.165) is 63.5 Å². The van der Waals surface area contributed by atoms with Crippen LogP contribution in [0.25, 0.3) is 27.6 Å². The Kier molecular flexibility index (Phi) is 11.0. The average Bonchev–Trinajstić information content (AvgIpc) is 3.28. The van der Waals surface area contributed by atoms with Gasteiger partial charge >= 0.3 is 0 Å². The number of rotatable bonds is 10. The Morgan fingerprint density at radius 1 is 0.571 bits per heavy atom. The second kappa shape index (κ2) is 16.9. The van der Waals surface area contributed by atoms with Crippen LogP contribution in [0.15, 0.2) is 203 Å². The Morgan fingerprint density at radius 3 is 1.79 bits per heavy atom. The Bertz CT molecular complexity index is 2530. The van der Waals surface area contributed by atoms with Gasteiger partial charge in [0.25, 0.3) is 0 Å². The molecule has 56 heavy (non-hydrogen) atoms. The van der Waals surface area contributed by atoms with Gasteiger partial charge in [-0.25, -0.2) is 9.98 Å². The fourth-order valence-electron chi connectivity index (χ4n) is 7.76. The van der Waals surface area contributed by atoms with Crippen LogP contribution in [0.3, 0.4) is 0 Å². The highest BCUT2D eigenvalue weighted by Crippen LogP contribution is 2.40. The molecule has 0 saturated heterocycles. The van der Waals surface area contributed by atoms with Crippen molar-refractivity contribution in [3.63, 3.8) is 0 Å². The van der Waals surface area contributed by atoms with E-state index in [0.29, 0.717) is 11.8 Å². The molecule has 1 aliphatic rings. The SMILES string of the molecule is CCC(C)C(=NC(=Nc1ccc(-c2ccc3ccc(C4=CC(c5ccccc5)C(CC)C(c5ccccc5)=N4)cc3c2)cc1)c1ccccc1)c1ccccc1. The second-order valence-electron chi connectivity index (χ2n) is 14.7. The van der Waals surface area contributed by atoms with Gasteiger partial charge in [-0.1, -0.05) is 178 Å². The maximum atomic E-state index is 5.40. The molecular weight excluding hydrogens is 679 g/mol. The Balaban J connectivity index is 1.14. The zero-order chi connectivity index (χ0) is 38.3. The molecule has 0 fully saturated rings. The molecule has 0 radical (unpaired) electrons. The highest BCUT2D eigenvalue weighted by Gasteiger charge is 2.30. The largest absolute Gasteiger partial charge is 0.252 e. The summed E-state index contributed by atoms with van der Waals surface area (Å²) in [5.74, 6) is 1.53. The number of aliphatic imine (C=N–C) groups is 3. The molecule has 0 amide bonds. The molecule has 3 nitrogen and oxygen atoms in total. The van der Waals surface area contributed by atoms with E-state index in [1.54, 1.807) is 0 Å². The van der Waals surface area contributed by atoms with E-state index in [4.69, 9.17) is 15.0 Å². The summed E-state index contributed by atoms with van der Waals surface area (Å²) in [6, 6.07) is 64.3. The van der Waals surface area contributed by atoms with Crippen LogP contribution in [0, 0.1) is 11.8 Å². The molecular formula is C53H47N3. The summed E-state index contributed by atoms with van der Waals surface area (Å²) in [4.78, 5) is 15.8. The van der Waals surface area contributed by atoms with Gasteiger partial charge in [0.05, 0.1) is 22.8 Å². The van der Waals surface area contributed by atoms with Crippen LogP contribution in [0.2, 0.25) is 0 Å². The lowest BCUT2D eigenvalue weighted by molar-refractivity contribution is 0.593. The summed E-state index contributed by atoms with van der Waals surface area (Å²) >= 11 is 0. The number of fused-ring (bicyclic) bond motifs is 1. The molecule has 1 aliphatic heterocycles. The van der Waals surface area contributed by atoms with Gasteiger partial charge in [-0.05, 0) is 87.7 Å². The molecule has 0 spiro atoms. The quantitative estimate of drug-likeness (QED) is 0.0994. The van der Waals surface area contributed by atoms with E-state index in [1.807, 2.05) is 24.3 Å². The van der Waals surface area contributed by atoms with E-state index in [-0.39, 0.29) is 11.8 Å². The molecule has 0 aliphatic carbocycles. The maximum Gasteiger partial charge on any atom is 0.160 e. The van der Waals surface area contributed by atoms with E-state index in [2.05, 4.69) is 185 Å². The summed E-state index contributed by atoms with van der Waals surface area (Å²) in [5, 5.41) is 2.39. The predicted molar refractivity (Wildman–Crippen MR) is 238 cm³/mol. The van der Waals surface area contributed by atoms with E-state index in [1.165, 1.54) is 21.9 Å². The smallest absolute Gasteiger partial charge is 0.160 e. The number of amidine groups is 1. The van der Waals surface area contributed by atoms with Gasteiger partial charge in [-0.2, -0.15) is 0 Å². The molecule has 7 aromatic carbocycles. The fourth-order valence-corrected chi connectivity index (χ4v) is 7.76. The first-order chi connectivity index (χ1) is 27.6. The van der Waals surface area contributed by atoms with Crippen molar-refractivity contribution in [2.24, 2.45) is 26.8 Å². The van der Waals surface area contributed by atoms with Crippen molar-refractivity contribution in [3.8, 4) is 11.1 Å². The standard InChI is InChI=1S/C53H47N3/c1-4-37(3)51(41-20-12-7-13-21-41)56-53(43-24-16-9-17-25-43)54-47-32-30-38(31-33-47)44-28-26-39-27-29-45(35-46(39)34-44)50-36-49(40-18-10-6-11-19-40)48(5-2)52(55-50)42-22-14-8-15-23-42/h6-37,48-49H,4-5H2,1-3H3. The van der Waals surface area contributed by atoms with Gasteiger partial charge in [0.2, 0.25) is 0 Å². The zero-order valence-corrected chi connectivity index (χ0v) is 32.4. The predicted octanol–water partition coefficient (Wildman–Crippen LogP) is 13.8. The molecule has 0 aromatic heterocycles. The minimum absolute atomic E-state index is 0.236. The first kappa shape index (κ1) is 36.5. The van der Waals surface area contributed by atoms with E-state index in [9.17, 15) is 0 Å². The summed E-state index contributed by atoms with van der Waals surface area (Å²) in [5.41, 5.74) is 12.2. The Morgan fingerprint density at radius 2 is 1.14 bits per heavy atom. The van der Waals surface area contributed by atoms with E-state index < -0.39 is 0 Å². The van der Waals surface area contributed by atoms with Gasteiger partial charge in [-0.3, -0.25) is 4.99 Å². The van der Waals surface area contributed by atoms with Gasteiger partial charge in [0.15, 0.2) is 5.84 Å². The molecule has 3 atom stereocenters. The van der Waals surface area contributed by atoms with Gasteiger partial charge in [0.1, 0.15) is 0 Å². The molecule has 3 heteroatoms. The van der Waals surface area contributed by atoms with Crippen molar-refractivity contribution in [1.29, 1.82) is 0 Å². The molecule has 0 N–H and O–H groups in total. The van der Waals surface area contributed by atoms with Crippen LogP contribution in [0.1, 0.15) is 67.3 Å². The minimum atomic E-state index is 0.236. The maximum absolute atomic E-state index is 5.40. The number of nitrogens with zero attached hydrogens (tertiary/aromatic N) is 3. The van der Waals surface area contributed by atoms with Crippen molar-refractivity contribution >= 4 is 39.4 Å². The van der Waals surface area contributed by atoms with Gasteiger partial charge < -0.3 is 0 Å². The molecule has 7 aromatic rings. The number of allylic oxidation sites excluding steroid dienone is 1. The lowest BCUT2D eigenvalue weighted by Gasteiger charge is -2.30. The number of hydrogen-bond acceptors (Lipinski definition) is 2. The zero-order valence-electron chi connectivity index (χ0n) is 32.4. The average molecular weight is 726 g/mol. The van der Waals surface area contributed by atoms with Gasteiger partial charge in [-0.15, -0.1) is 0 Å². The Labute approximate surface area is 331 Å². The lowest BCUT2D eigenvalue weighted by Crippen LogP contribution is -2.25. The third-order valence-corrected chi connectivity index (χ3v) is 11.0. The van der Waals surface area contributed by atoms with Crippen molar-refractivity contribution in [2.45, 2.75) is 39.5 Å². The van der Waals surface area contributed by atoms with E-state index >= 15 is 0 Å². The normalized spacial score (nSPS) is 16.6. The molecule has 274 valence electrons. The van der Waals surface area contributed by atoms with Crippen LogP contribution in [-0.4, -0.2) is 17.3 Å². The fraction of sp³-hybridized carbons (Fsp3) is 0.151. The van der Waals surface area contributed by atoms with Crippen molar-refractivity contribution < 1.29 is 0 Å². The van der Waals surface area contributed by atoms with Crippen LogP contribution in [0.4, 0.5) is 5.69 Å². The molecule has 0 bridgehead atoms. The van der Waals surface area contributed by atoms with Crippen LogP contribution in [-0.2, 0) is 0 Å². The topological polar surface area (TPSA) is 37.1 Å². The van der Waals surface area contributed by atoms with Crippen molar-refractivity contribution in [2.75, 3.05) is 0 Å². The summed E-state index contributed by atoms with van der Waals surface area (Å²) < 4.78 is 0. The van der Waals surface area contributed by atoms with Crippen LogP contribution < -0.4 is 0 Å². The highest BCUT2D eigenvalue weighted by atomic mass is 14.9. The highest BCUT2D eigenvalue weighted by molar-refractivity contribution is 6.13. The molecule has 0 saturated carbocycles. The first-order valence-corrected chi connectivity index (χ1v) is 19.9. The first-order valence-electron chi connectivity index (χ1n) is 19.9. The van der Waals surface area contributed by atoms with Gasteiger partial charge in [0, 0.05) is 23.0 Å².